The highest BCUT2D eigenvalue weighted by molar-refractivity contribution is 14.0. The predicted molar refractivity (Wildman–Crippen MR) is 103 cm³/mol. The third kappa shape index (κ3) is 7.06. The van der Waals surface area contributed by atoms with Gasteiger partial charge in [0.1, 0.15) is 0 Å². The number of nitrogens with two attached hydrogens (primary N) is 1. The van der Waals surface area contributed by atoms with E-state index in [0.29, 0.717) is 25.0 Å². The zero-order valence-electron chi connectivity index (χ0n) is 13.5. The molecule has 7 heteroatoms. The van der Waals surface area contributed by atoms with Gasteiger partial charge in [0.25, 0.3) is 0 Å². The molecular formula is C16H25IN4O2. The van der Waals surface area contributed by atoms with E-state index >= 15 is 0 Å². The van der Waals surface area contributed by atoms with Crippen molar-refractivity contribution in [1.82, 2.24) is 5.32 Å². The lowest BCUT2D eigenvalue weighted by Crippen LogP contribution is -2.39. The summed E-state index contributed by atoms with van der Waals surface area (Å²) >= 11 is 0. The van der Waals surface area contributed by atoms with Crippen LogP contribution in [-0.4, -0.2) is 31.2 Å². The number of amides is 1. The second kappa shape index (κ2) is 9.59. The monoisotopic (exact) mass is 432 g/mol. The number of aliphatic imine (C=N–C) groups is 1. The van der Waals surface area contributed by atoms with Crippen LogP contribution in [0.5, 0.6) is 0 Å². The van der Waals surface area contributed by atoms with E-state index in [4.69, 9.17) is 10.5 Å². The number of benzene rings is 1. The average Bonchev–Trinajstić information content (AvgIpc) is 3.31. The Morgan fingerprint density at radius 1 is 1.39 bits per heavy atom. The first kappa shape index (κ1) is 19.5. The van der Waals surface area contributed by atoms with Crippen molar-refractivity contribution in [2.75, 3.05) is 18.5 Å². The highest BCUT2D eigenvalue weighted by Gasteiger charge is 2.32. The summed E-state index contributed by atoms with van der Waals surface area (Å²) in [5.74, 6) is 0.820. The molecule has 1 aromatic carbocycles. The van der Waals surface area contributed by atoms with Crippen LogP contribution in [0.1, 0.15) is 25.3 Å². The molecule has 1 aromatic rings. The van der Waals surface area contributed by atoms with Gasteiger partial charge in [0, 0.05) is 5.69 Å². The van der Waals surface area contributed by atoms with Crippen LogP contribution in [0.3, 0.4) is 0 Å². The summed E-state index contributed by atoms with van der Waals surface area (Å²) in [4.78, 5) is 15.9. The first-order chi connectivity index (χ1) is 10.6. The van der Waals surface area contributed by atoms with Gasteiger partial charge in [0.15, 0.2) is 5.96 Å². The van der Waals surface area contributed by atoms with Gasteiger partial charge in [0.05, 0.1) is 19.2 Å². The smallest absolute Gasteiger partial charge is 0.407 e. The molecule has 6 nitrogen and oxygen atoms in total. The predicted octanol–water partition coefficient (Wildman–Crippen LogP) is 2.86. The molecule has 0 bridgehead atoms. The van der Waals surface area contributed by atoms with Crippen LogP contribution in [0.4, 0.5) is 10.5 Å². The minimum absolute atomic E-state index is 0. The normalized spacial score (nSPS) is 15.3. The largest absolute Gasteiger partial charge is 0.450 e. The van der Waals surface area contributed by atoms with Crippen molar-refractivity contribution in [2.45, 2.75) is 32.7 Å². The van der Waals surface area contributed by atoms with Crippen molar-refractivity contribution < 1.29 is 9.53 Å². The van der Waals surface area contributed by atoms with E-state index in [0.717, 1.165) is 18.5 Å². The average molecular weight is 432 g/mol. The molecule has 0 aliphatic heterocycles. The van der Waals surface area contributed by atoms with Gasteiger partial charge in [-0.05, 0) is 44.7 Å². The Morgan fingerprint density at radius 2 is 2.04 bits per heavy atom. The Kier molecular flexibility index (Phi) is 8.15. The number of hydrogen-bond donors (Lipinski definition) is 3. The highest BCUT2D eigenvalue weighted by Crippen LogP contribution is 2.32. The Morgan fingerprint density at radius 3 is 2.61 bits per heavy atom. The summed E-state index contributed by atoms with van der Waals surface area (Å²) in [6.45, 7) is 4.63. The molecule has 128 valence electrons. The summed E-state index contributed by atoms with van der Waals surface area (Å²) in [7, 11) is 0. The molecule has 0 spiro atoms. The molecule has 1 amide bonds. The molecule has 23 heavy (non-hydrogen) atoms. The van der Waals surface area contributed by atoms with E-state index in [1.165, 1.54) is 5.56 Å². The second-order valence-electron chi connectivity index (χ2n) is 5.53. The maximum Gasteiger partial charge on any atom is 0.407 e. The number of guanidine groups is 1. The van der Waals surface area contributed by atoms with Crippen molar-refractivity contribution in [1.29, 1.82) is 0 Å². The Balaban J connectivity index is 0.00000264. The lowest BCUT2D eigenvalue weighted by Gasteiger charge is -2.16. The molecule has 1 saturated carbocycles. The topological polar surface area (TPSA) is 88.7 Å². The number of carbonyl (C=O) groups excluding carboxylic acids is 1. The van der Waals surface area contributed by atoms with Gasteiger partial charge >= 0.3 is 6.09 Å². The third-order valence-electron chi connectivity index (χ3n) is 3.55. The zero-order chi connectivity index (χ0) is 15.9. The summed E-state index contributed by atoms with van der Waals surface area (Å²) in [5.41, 5.74) is 7.98. The quantitative estimate of drug-likeness (QED) is 0.367. The molecule has 1 atom stereocenters. The molecular weight excluding hydrogens is 407 g/mol. The molecule has 2 rings (SSSR count). The van der Waals surface area contributed by atoms with Gasteiger partial charge in [-0.1, -0.05) is 17.7 Å². The molecule has 1 aliphatic carbocycles. The van der Waals surface area contributed by atoms with Gasteiger partial charge in [-0.15, -0.1) is 24.0 Å². The summed E-state index contributed by atoms with van der Waals surface area (Å²) < 4.78 is 4.92. The van der Waals surface area contributed by atoms with Gasteiger partial charge < -0.3 is 21.1 Å². The number of nitrogens with one attached hydrogen (secondary N) is 2. The van der Waals surface area contributed by atoms with Gasteiger partial charge in [-0.25, -0.2) is 4.79 Å². The number of ether oxygens (including phenoxy) is 1. The van der Waals surface area contributed by atoms with Crippen LogP contribution in [0, 0.1) is 12.8 Å². The van der Waals surface area contributed by atoms with E-state index in [9.17, 15) is 4.79 Å². The number of alkyl carbamates (subject to hydrolysis) is 1. The van der Waals surface area contributed by atoms with Crippen molar-refractivity contribution in [3.8, 4) is 0 Å². The van der Waals surface area contributed by atoms with E-state index in [1.807, 2.05) is 31.2 Å². The number of anilines is 1. The van der Waals surface area contributed by atoms with Crippen LogP contribution >= 0.6 is 24.0 Å². The molecule has 0 saturated heterocycles. The standard InChI is InChI=1S/C16H24N4O2.HI/c1-3-22-16(21)20-14(12-6-7-12)10-18-15(17)19-13-8-4-11(2)5-9-13;/h4-5,8-9,12,14H,3,6-7,10H2,1-2H3,(H,20,21)(H3,17,18,19);1H. The van der Waals surface area contributed by atoms with Gasteiger partial charge in [-0.3, -0.25) is 4.99 Å². The number of nitrogens with zero attached hydrogens (tertiary/aromatic N) is 1. The SMILES string of the molecule is CCOC(=O)NC(CN=C(N)Nc1ccc(C)cc1)C1CC1.I. The van der Waals surface area contributed by atoms with E-state index in [1.54, 1.807) is 6.92 Å². The number of carbonyl (C=O) groups is 1. The summed E-state index contributed by atoms with van der Waals surface area (Å²) in [5, 5.41) is 5.90. The number of aryl methyl sites for hydroxylation is 1. The molecule has 4 N–H and O–H groups in total. The lowest BCUT2D eigenvalue weighted by molar-refractivity contribution is 0.147. The Bertz CT molecular complexity index is 529. The number of hydrogen-bond acceptors (Lipinski definition) is 3. The van der Waals surface area contributed by atoms with Crippen molar-refractivity contribution in [3.63, 3.8) is 0 Å². The third-order valence-corrected chi connectivity index (χ3v) is 3.55. The fraction of sp³-hybridized carbons (Fsp3) is 0.500. The van der Waals surface area contributed by atoms with Gasteiger partial charge in [-0.2, -0.15) is 0 Å². The minimum atomic E-state index is -0.389. The van der Waals surface area contributed by atoms with Crippen LogP contribution in [0.15, 0.2) is 29.3 Å². The second-order valence-corrected chi connectivity index (χ2v) is 5.53. The Labute approximate surface area is 154 Å². The van der Waals surface area contributed by atoms with Crippen molar-refractivity contribution in [3.05, 3.63) is 29.8 Å². The van der Waals surface area contributed by atoms with E-state index in [2.05, 4.69) is 15.6 Å². The summed E-state index contributed by atoms with van der Waals surface area (Å²) in [6.07, 6.45) is 1.83. The molecule has 0 aromatic heterocycles. The lowest BCUT2D eigenvalue weighted by atomic mass is 10.2. The van der Waals surface area contributed by atoms with Crippen LogP contribution < -0.4 is 16.4 Å². The highest BCUT2D eigenvalue weighted by atomic mass is 127. The van der Waals surface area contributed by atoms with Crippen LogP contribution in [0.25, 0.3) is 0 Å². The van der Waals surface area contributed by atoms with Crippen LogP contribution in [-0.2, 0) is 4.74 Å². The fourth-order valence-corrected chi connectivity index (χ4v) is 2.16. The van der Waals surface area contributed by atoms with E-state index < -0.39 is 0 Å². The van der Waals surface area contributed by atoms with Crippen LogP contribution in [0.2, 0.25) is 0 Å². The molecule has 1 fully saturated rings. The van der Waals surface area contributed by atoms with Crippen molar-refractivity contribution >= 4 is 41.7 Å². The molecule has 1 unspecified atom stereocenters. The molecule has 1 aliphatic rings. The van der Waals surface area contributed by atoms with Gasteiger partial charge in [0.2, 0.25) is 0 Å². The maximum atomic E-state index is 11.5. The summed E-state index contributed by atoms with van der Waals surface area (Å²) in [6, 6.07) is 7.90. The zero-order valence-corrected chi connectivity index (χ0v) is 15.9. The number of rotatable bonds is 6. The first-order valence-electron chi connectivity index (χ1n) is 7.65. The van der Waals surface area contributed by atoms with Crippen molar-refractivity contribution in [2.24, 2.45) is 16.6 Å². The molecule has 0 heterocycles. The Hall–Kier alpha value is -1.51. The number of halogens is 1. The maximum absolute atomic E-state index is 11.5. The fourth-order valence-electron chi connectivity index (χ4n) is 2.16. The first-order valence-corrected chi connectivity index (χ1v) is 7.65. The molecule has 0 radical (unpaired) electrons. The minimum Gasteiger partial charge on any atom is -0.450 e. The van der Waals surface area contributed by atoms with E-state index in [-0.39, 0.29) is 36.1 Å².